The second kappa shape index (κ2) is 5.72. The molecular formula is C16H12ClN3. The minimum Gasteiger partial charge on any atom is -0.340 e. The van der Waals surface area contributed by atoms with Crippen molar-refractivity contribution >= 4 is 23.1 Å². The Bertz CT molecular complexity index is 696. The van der Waals surface area contributed by atoms with Gasteiger partial charge in [0.25, 0.3) is 0 Å². The molecule has 0 unspecified atom stereocenters. The highest BCUT2D eigenvalue weighted by atomic mass is 35.5. The summed E-state index contributed by atoms with van der Waals surface area (Å²) in [5.74, 6) is 0.678. The molecule has 20 heavy (non-hydrogen) atoms. The van der Waals surface area contributed by atoms with Gasteiger partial charge >= 0.3 is 0 Å². The van der Waals surface area contributed by atoms with Crippen molar-refractivity contribution < 1.29 is 0 Å². The summed E-state index contributed by atoms with van der Waals surface area (Å²) in [6.07, 6.45) is 1.43. The largest absolute Gasteiger partial charge is 0.340 e. The predicted molar refractivity (Wildman–Crippen MR) is 82.2 cm³/mol. The van der Waals surface area contributed by atoms with E-state index in [0.717, 1.165) is 5.69 Å². The van der Waals surface area contributed by atoms with Gasteiger partial charge in [0, 0.05) is 11.8 Å². The lowest BCUT2D eigenvalue weighted by atomic mass is 10.1. The van der Waals surface area contributed by atoms with Gasteiger partial charge in [-0.25, -0.2) is 9.97 Å². The van der Waals surface area contributed by atoms with Crippen LogP contribution in [0, 0.1) is 0 Å². The maximum Gasteiger partial charge on any atom is 0.135 e. The molecule has 0 atom stereocenters. The fourth-order valence-electron chi connectivity index (χ4n) is 1.93. The zero-order valence-corrected chi connectivity index (χ0v) is 11.4. The van der Waals surface area contributed by atoms with Crippen LogP contribution in [0.4, 0.5) is 11.5 Å². The summed E-state index contributed by atoms with van der Waals surface area (Å²) >= 11 is 5.83. The Morgan fingerprint density at radius 2 is 1.50 bits per heavy atom. The highest BCUT2D eigenvalue weighted by Crippen LogP contribution is 2.22. The van der Waals surface area contributed by atoms with Crippen molar-refractivity contribution in [2.75, 3.05) is 5.32 Å². The second-order valence-corrected chi connectivity index (χ2v) is 4.68. The van der Waals surface area contributed by atoms with Gasteiger partial charge in [-0.2, -0.15) is 0 Å². The van der Waals surface area contributed by atoms with Crippen LogP contribution < -0.4 is 5.32 Å². The molecule has 3 aromatic rings. The zero-order chi connectivity index (χ0) is 13.8. The molecule has 0 aliphatic rings. The normalized spacial score (nSPS) is 10.2. The molecule has 0 saturated heterocycles. The van der Waals surface area contributed by atoms with E-state index in [9.17, 15) is 0 Å². The first-order chi connectivity index (χ1) is 9.81. The molecule has 0 amide bonds. The lowest BCUT2D eigenvalue weighted by Gasteiger charge is -2.07. The van der Waals surface area contributed by atoms with Gasteiger partial charge in [-0.05, 0) is 23.3 Å². The van der Waals surface area contributed by atoms with Crippen molar-refractivity contribution in [3.63, 3.8) is 0 Å². The average Bonchev–Trinajstić information content (AvgIpc) is 2.49. The zero-order valence-electron chi connectivity index (χ0n) is 10.6. The number of rotatable bonds is 3. The van der Waals surface area contributed by atoms with Gasteiger partial charge in [0.05, 0.1) is 0 Å². The van der Waals surface area contributed by atoms with Crippen LogP contribution in [0.3, 0.4) is 0 Å². The number of benzene rings is 2. The van der Waals surface area contributed by atoms with Crippen LogP contribution in [0.25, 0.3) is 11.1 Å². The monoisotopic (exact) mass is 281 g/mol. The third-order valence-electron chi connectivity index (χ3n) is 2.90. The van der Waals surface area contributed by atoms with Crippen molar-refractivity contribution in [1.29, 1.82) is 0 Å². The maximum atomic E-state index is 5.83. The third kappa shape index (κ3) is 2.95. The Labute approximate surface area is 122 Å². The Kier molecular flexibility index (Phi) is 3.61. The van der Waals surface area contributed by atoms with Crippen LogP contribution in [0.15, 0.2) is 67.0 Å². The molecule has 0 radical (unpaired) electrons. The van der Waals surface area contributed by atoms with Crippen molar-refractivity contribution in [3.8, 4) is 11.1 Å². The first-order valence-electron chi connectivity index (χ1n) is 6.21. The van der Waals surface area contributed by atoms with E-state index in [2.05, 4.69) is 39.6 Å². The average molecular weight is 282 g/mol. The van der Waals surface area contributed by atoms with Crippen LogP contribution in [0.2, 0.25) is 5.15 Å². The predicted octanol–water partition coefficient (Wildman–Crippen LogP) is 4.54. The molecule has 1 heterocycles. The SMILES string of the molecule is Clc1cc(Nc2ccc(-c3ccccc3)cc2)ncn1. The summed E-state index contributed by atoms with van der Waals surface area (Å²) in [6.45, 7) is 0. The maximum absolute atomic E-state index is 5.83. The standard InChI is InChI=1S/C16H12ClN3/c17-15-10-16(19-11-18-15)20-14-8-6-13(7-9-14)12-4-2-1-3-5-12/h1-11H,(H,18,19,20). The quantitative estimate of drug-likeness (QED) is 0.716. The smallest absolute Gasteiger partial charge is 0.135 e. The van der Waals surface area contributed by atoms with Crippen molar-refractivity contribution in [2.24, 2.45) is 0 Å². The van der Waals surface area contributed by atoms with E-state index in [1.165, 1.54) is 17.5 Å². The van der Waals surface area contributed by atoms with Gasteiger partial charge in [0.2, 0.25) is 0 Å². The van der Waals surface area contributed by atoms with Crippen LogP contribution >= 0.6 is 11.6 Å². The molecule has 0 aliphatic carbocycles. The summed E-state index contributed by atoms with van der Waals surface area (Å²) in [6, 6.07) is 20.1. The van der Waals surface area contributed by atoms with E-state index in [4.69, 9.17) is 11.6 Å². The lowest BCUT2D eigenvalue weighted by molar-refractivity contribution is 1.17. The van der Waals surface area contributed by atoms with E-state index in [1.54, 1.807) is 6.07 Å². The summed E-state index contributed by atoms with van der Waals surface area (Å²) in [7, 11) is 0. The van der Waals surface area contributed by atoms with Gasteiger partial charge in [0.1, 0.15) is 17.3 Å². The van der Waals surface area contributed by atoms with E-state index < -0.39 is 0 Å². The number of anilines is 2. The molecule has 0 fully saturated rings. The number of nitrogens with one attached hydrogen (secondary N) is 1. The number of aromatic nitrogens is 2. The number of hydrogen-bond donors (Lipinski definition) is 1. The Morgan fingerprint density at radius 1 is 0.800 bits per heavy atom. The molecule has 1 aromatic heterocycles. The molecule has 4 heteroatoms. The molecule has 3 nitrogen and oxygen atoms in total. The van der Waals surface area contributed by atoms with E-state index in [1.807, 2.05) is 30.3 Å². The second-order valence-electron chi connectivity index (χ2n) is 4.29. The van der Waals surface area contributed by atoms with Gasteiger partial charge in [-0.3, -0.25) is 0 Å². The lowest BCUT2D eigenvalue weighted by Crippen LogP contribution is -1.93. The van der Waals surface area contributed by atoms with Gasteiger partial charge < -0.3 is 5.32 Å². The highest BCUT2D eigenvalue weighted by molar-refractivity contribution is 6.29. The Hall–Kier alpha value is -2.39. The molecule has 0 bridgehead atoms. The van der Waals surface area contributed by atoms with Crippen molar-refractivity contribution in [1.82, 2.24) is 9.97 Å². The van der Waals surface area contributed by atoms with Crippen LogP contribution in [0.1, 0.15) is 0 Å². The van der Waals surface area contributed by atoms with Crippen LogP contribution in [-0.4, -0.2) is 9.97 Å². The highest BCUT2D eigenvalue weighted by Gasteiger charge is 1.99. The minimum atomic E-state index is 0.420. The number of halogens is 1. The molecule has 98 valence electrons. The van der Waals surface area contributed by atoms with Gasteiger partial charge in [-0.15, -0.1) is 0 Å². The summed E-state index contributed by atoms with van der Waals surface area (Å²) in [5, 5.41) is 3.61. The van der Waals surface area contributed by atoms with Crippen molar-refractivity contribution in [3.05, 3.63) is 72.1 Å². The summed E-state index contributed by atoms with van der Waals surface area (Å²) in [4.78, 5) is 7.96. The number of nitrogens with zero attached hydrogens (tertiary/aromatic N) is 2. The van der Waals surface area contributed by atoms with E-state index in [-0.39, 0.29) is 0 Å². The molecule has 0 spiro atoms. The molecule has 3 rings (SSSR count). The van der Waals surface area contributed by atoms with Crippen molar-refractivity contribution in [2.45, 2.75) is 0 Å². The fourth-order valence-corrected chi connectivity index (χ4v) is 2.07. The fraction of sp³-hybridized carbons (Fsp3) is 0. The minimum absolute atomic E-state index is 0.420. The summed E-state index contributed by atoms with van der Waals surface area (Å²) < 4.78 is 0. The van der Waals surface area contributed by atoms with Gasteiger partial charge in [0.15, 0.2) is 0 Å². The molecule has 2 aromatic carbocycles. The summed E-state index contributed by atoms with van der Waals surface area (Å²) in [5.41, 5.74) is 3.33. The number of hydrogen-bond acceptors (Lipinski definition) is 3. The molecule has 0 aliphatic heterocycles. The topological polar surface area (TPSA) is 37.8 Å². The molecular weight excluding hydrogens is 270 g/mol. The van der Waals surface area contributed by atoms with Crippen LogP contribution in [0.5, 0.6) is 0 Å². The van der Waals surface area contributed by atoms with Gasteiger partial charge in [-0.1, -0.05) is 54.1 Å². The van der Waals surface area contributed by atoms with E-state index in [0.29, 0.717) is 11.0 Å². The Balaban J connectivity index is 1.80. The molecule has 0 saturated carbocycles. The van der Waals surface area contributed by atoms with Crippen LogP contribution in [-0.2, 0) is 0 Å². The Morgan fingerprint density at radius 3 is 2.20 bits per heavy atom. The first-order valence-corrected chi connectivity index (χ1v) is 6.59. The molecule has 1 N–H and O–H groups in total. The third-order valence-corrected chi connectivity index (χ3v) is 3.10. The van der Waals surface area contributed by atoms with E-state index >= 15 is 0 Å². The first kappa shape index (κ1) is 12.6.